The lowest BCUT2D eigenvalue weighted by Gasteiger charge is -2.15. The molecule has 4 heteroatoms. The van der Waals surface area contributed by atoms with Gasteiger partial charge in [-0.25, -0.2) is 8.42 Å². The molecule has 0 heterocycles. The first-order valence-corrected chi connectivity index (χ1v) is 6.80. The third-order valence-electron chi connectivity index (χ3n) is 2.65. The van der Waals surface area contributed by atoms with Crippen molar-refractivity contribution in [2.45, 2.75) is 38.4 Å². The third-order valence-corrected chi connectivity index (χ3v) is 5.26. The molecule has 1 aliphatic rings. The fourth-order valence-corrected chi connectivity index (χ4v) is 4.49. The van der Waals surface area contributed by atoms with Gasteiger partial charge in [0.05, 0.1) is 23.0 Å². The summed E-state index contributed by atoms with van der Waals surface area (Å²) in [4.78, 5) is 0. The van der Waals surface area contributed by atoms with E-state index in [4.69, 9.17) is 5.26 Å². The van der Waals surface area contributed by atoms with E-state index >= 15 is 0 Å². The summed E-state index contributed by atoms with van der Waals surface area (Å²) in [6, 6.07) is 2.11. The highest BCUT2D eigenvalue weighted by Gasteiger charge is 2.37. The first-order chi connectivity index (χ1) is 6.47. The van der Waals surface area contributed by atoms with Crippen molar-refractivity contribution in [2.24, 2.45) is 11.8 Å². The lowest BCUT2D eigenvalue weighted by atomic mass is 10.1. The molecule has 0 radical (unpaired) electrons. The largest absolute Gasteiger partial charge is 0.228 e. The fraction of sp³-hybridized carbons (Fsp3) is 0.900. The highest BCUT2D eigenvalue weighted by Crippen LogP contribution is 2.31. The van der Waals surface area contributed by atoms with Gasteiger partial charge < -0.3 is 0 Å². The van der Waals surface area contributed by atoms with E-state index in [0.29, 0.717) is 6.42 Å². The zero-order chi connectivity index (χ0) is 10.8. The van der Waals surface area contributed by atoms with Crippen LogP contribution in [0.1, 0.15) is 33.1 Å². The molecule has 1 aliphatic carbocycles. The van der Waals surface area contributed by atoms with Crippen molar-refractivity contribution < 1.29 is 8.42 Å². The lowest BCUT2D eigenvalue weighted by molar-refractivity contribution is 0.553. The molecule has 0 spiro atoms. The zero-order valence-electron chi connectivity index (χ0n) is 8.73. The van der Waals surface area contributed by atoms with Gasteiger partial charge in [0.2, 0.25) is 0 Å². The molecule has 3 nitrogen and oxygen atoms in total. The Balaban J connectivity index is 2.78. The van der Waals surface area contributed by atoms with Gasteiger partial charge in [-0.15, -0.1) is 0 Å². The average Bonchev–Trinajstić information content (AvgIpc) is 2.48. The standard InChI is InChI=1S/C10H17NO2S/c1-8(2)7-14(12,13)10-5-3-4-9(10)6-11/h8-10H,3-5,7H2,1-2H3. The molecule has 2 unspecified atom stereocenters. The van der Waals surface area contributed by atoms with Crippen molar-refractivity contribution in [3.8, 4) is 6.07 Å². The van der Waals surface area contributed by atoms with Crippen LogP contribution in [0.4, 0.5) is 0 Å². The highest BCUT2D eigenvalue weighted by atomic mass is 32.2. The Morgan fingerprint density at radius 3 is 2.57 bits per heavy atom. The molecule has 1 fully saturated rings. The van der Waals surface area contributed by atoms with Crippen LogP contribution < -0.4 is 0 Å². The number of sulfone groups is 1. The average molecular weight is 215 g/mol. The van der Waals surface area contributed by atoms with Crippen LogP contribution in [-0.4, -0.2) is 19.4 Å². The third kappa shape index (κ3) is 2.48. The number of rotatable bonds is 3. The summed E-state index contributed by atoms with van der Waals surface area (Å²) in [6.45, 7) is 3.79. The Labute approximate surface area is 86.0 Å². The minimum absolute atomic E-state index is 0.153. The maximum Gasteiger partial charge on any atom is 0.154 e. The predicted octanol–water partition coefficient (Wildman–Crippen LogP) is 1.75. The Morgan fingerprint density at radius 2 is 2.07 bits per heavy atom. The number of nitriles is 1. The van der Waals surface area contributed by atoms with Crippen LogP contribution >= 0.6 is 0 Å². The summed E-state index contributed by atoms with van der Waals surface area (Å²) < 4.78 is 23.7. The van der Waals surface area contributed by atoms with E-state index in [9.17, 15) is 8.42 Å². The van der Waals surface area contributed by atoms with Gasteiger partial charge in [0, 0.05) is 0 Å². The monoisotopic (exact) mass is 215 g/mol. The summed E-state index contributed by atoms with van der Waals surface area (Å²) in [5, 5.41) is 8.43. The Kier molecular flexibility index (Phi) is 3.54. The second kappa shape index (κ2) is 4.31. The van der Waals surface area contributed by atoms with E-state index in [1.807, 2.05) is 13.8 Å². The molecular formula is C10H17NO2S. The fourth-order valence-electron chi connectivity index (χ4n) is 2.09. The summed E-state index contributed by atoms with van der Waals surface area (Å²) >= 11 is 0. The molecule has 14 heavy (non-hydrogen) atoms. The molecule has 1 saturated carbocycles. The summed E-state index contributed by atoms with van der Waals surface area (Å²) in [6.07, 6.45) is 2.30. The molecule has 0 N–H and O–H groups in total. The van der Waals surface area contributed by atoms with Crippen LogP contribution in [0.5, 0.6) is 0 Å². The van der Waals surface area contributed by atoms with E-state index in [-0.39, 0.29) is 17.6 Å². The van der Waals surface area contributed by atoms with Gasteiger partial charge in [-0.2, -0.15) is 5.26 Å². The second-order valence-electron chi connectivity index (χ2n) is 4.43. The molecule has 0 bridgehead atoms. The van der Waals surface area contributed by atoms with Crippen molar-refractivity contribution in [1.82, 2.24) is 0 Å². The molecule has 0 aromatic heterocycles. The minimum atomic E-state index is -3.04. The van der Waals surface area contributed by atoms with E-state index in [1.165, 1.54) is 0 Å². The molecule has 2 atom stereocenters. The quantitative estimate of drug-likeness (QED) is 0.720. The van der Waals surface area contributed by atoms with Gasteiger partial charge in [-0.3, -0.25) is 0 Å². The topological polar surface area (TPSA) is 57.9 Å². The van der Waals surface area contributed by atoms with Gasteiger partial charge in [-0.05, 0) is 18.8 Å². The summed E-state index contributed by atoms with van der Waals surface area (Å²) in [7, 11) is -3.04. The lowest BCUT2D eigenvalue weighted by Crippen LogP contribution is -2.28. The normalized spacial score (nSPS) is 27.9. The summed E-state index contributed by atoms with van der Waals surface area (Å²) in [5.41, 5.74) is 0. The van der Waals surface area contributed by atoms with Crippen LogP contribution in [0.15, 0.2) is 0 Å². The number of nitrogens with zero attached hydrogens (tertiary/aromatic N) is 1. The number of hydrogen-bond acceptors (Lipinski definition) is 3. The van der Waals surface area contributed by atoms with Crippen LogP contribution in [0.25, 0.3) is 0 Å². The molecule has 0 saturated heterocycles. The molecule has 1 rings (SSSR count). The van der Waals surface area contributed by atoms with Gasteiger partial charge >= 0.3 is 0 Å². The van der Waals surface area contributed by atoms with Crippen molar-refractivity contribution >= 4 is 9.84 Å². The molecule has 0 aromatic carbocycles. The maximum atomic E-state index is 11.9. The van der Waals surface area contributed by atoms with Crippen molar-refractivity contribution in [3.63, 3.8) is 0 Å². The molecule has 0 aromatic rings. The number of hydrogen-bond donors (Lipinski definition) is 0. The SMILES string of the molecule is CC(C)CS(=O)(=O)C1CCCC1C#N. The molecule has 80 valence electrons. The smallest absolute Gasteiger partial charge is 0.154 e. The van der Waals surface area contributed by atoms with Crippen LogP contribution in [0.2, 0.25) is 0 Å². The maximum absolute atomic E-state index is 11.9. The van der Waals surface area contributed by atoms with E-state index < -0.39 is 15.1 Å². The molecule has 0 amide bonds. The van der Waals surface area contributed by atoms with E-state index in [0.717, 1.165) is 12.8 Å². The van der Waals surface area contributed by atoms with Gasteiger partial charge in [-0.1, -0.05) is 20.3 Å². The van der Waals surface area contributed by atoms with Crippen molar-refractivity contribution in [2.75, 3.05) is 5.75 Å². The van der Waals surface area contributed by atoms with Gasteiger partial charge in [0.1, 0.15) is 0 Å². The van der Waals surface area contributed by atoms with Crippen molar-refractivity contribution in [3.05, 3.63) is 0 Å². The van der Waals surface area contributed by atoms with E-state index in [1.54, 1.807) is 0 Å². The Bertz CT molecular complexity index is 327. The van der Waals surface area contributed by atoms with Crippen LogP contribution in [0.3, 0.4) is 0 Å². The molecule has 0 aliphatic heterocycles. The van der Waals surface area contributed by atoms with E-state index in [2.05, 4.69) is 6.07 Å². The first kappa shape index (κ1) is 11.5. The zero-order valence-corrected chi connectivity index (χ0v) is 9.55. The Morgan fingerprint density at radius 1 is 1.43 bits per heavy atom. The highest BCUT2D eigenvalue weighted by molar-refractivity contribution is 7.92. The van der Waals surface area contributed by atoms with Crippen LogP contribution in [0, 0.1) is 23.2 Å². The first-order valence-electron chi connectivity index (χ1n) is 5.08. The predicted molar refractivity (Wildman–Crippen MR) is 55.4 cm³/mol. The van der Waals surface area contributed by atoms with Gasteiger partial charge in [0.25, 0.3) is 0 Å². The minimum Gasteiger partial charge on any atom is -0.228 e. The van der Waals surface area contributed by atoms with Crippen molar-refractivity contribution in [1.29, 1.82) is 5.26 Å². The second-order valence-corrected chi connectivity index (χ2v) is 6.69. The summed E-state index contributed by atoms with van der Waals surface area (Å²) in [5.74, 6) is 0.106. The van der Waals surface area contributed by atoms with Crippen LogP contribution in [-0.2, 0) is 9.84 Å². The molecular weight excluding hydrogens is 198 g/mol. The van der Waals surface area contributed by atoms with Gasteiger partial charge in [0.15, 0.2) is 9.84 Å². The Hall–Kier alpha value is -0.560.